The normalized spacial score (nSPS) is 11.6. The number of hydrogen-bond donors (Lipinski definition) is 1. The van der Waals surface area contributed by atoms with Gasteiger partial charge in [-0.15, -0.1) is 0 Å². The maximum absolute atomic E-state index is 11.2. The van der Waals surface area contributed by atoms with Crippen LogP contribution in [0.4, 0.5) is 0 Å². The predicted octanol–water partition coefficient (Wildman–Crippen LogP) is 1.91. The van der Waals surface area contributed by atoms with Crippen LogP contribution >= 0.6 is 11.6 Å². The van der Waals surface area contributed by atoms with E-state index in [1.165, 1.54) is 5.56 Å². The molecular formula is C12H18ClNO2S. The lowest BCUT2D eigenvalue weighted by molar-refractivity contribution is 0.592. The van der Waals surface area contributed by atoms with E-state index in [-0.39, 0.29) is 11.5 Å². The van der Waals surface area contributed by atoms with Gasteiger partial charge in [0.15, 0.2) is 9.84 Å². The number of rotatable bonds is 7. The Morgan fingerprint density at radius 1 is 1.18 bits per heavy atom. The molecule has 0 aromatic heterocycles. The molecule has 1 N–H and O–H groups in total. The average Bonchev–Trinajstić information content (AvgIpc) is 2.31. The van der Waals surface area contributed by atoms with E-state index in [1.54, 1.807) is 6.92 Å². The van der Waals surface area contributed by atoms with Gasteiger partial charge in [-0.25, -0.2) is 8.42 Å². The fourth-order valence-corrected chi connectivity index (χ4v) is 2.25. The molecule has 0 unspecified atom stereocenters. The molecule has 0 amide bonds. The first-order valence-electron chi connectivity index (χ1n) is 5.69. The summed E-state index contributed by atoms with van der Waals surface area (Å²) in [5, 5.41) is 3.86. The summed E-state index contributed by atoms with van der Waals surface area (Å²) in [6.45, 7) is 2.97. The molecule has 1 rings (SSSR count). The van der Waals surface area contributed by atoms with Gasteiger partial charge in [-0.1, -0.05) is 30.7 Å². The minimum atomic E-state index is -2.85. The summed E-state index contributed by atoms with van der Waals surface area (Å²) in [5.74, 6) is 0.427. The van der Waals surface area contributed by atoms with Gasteiger partial charge in [0, 0.05) is 17.3 Å². The van der Waals surface area contributed by atoms with Crippen molar-refractivity contribution in [1.82, 2.24) is 5.32 Å². The van der Waals surface area contributed by atoms with Gasteiger partial charge in [0.05, 0.1) is 5.75 Å². The van der Waals surface area contributed by atoms with Crippen LogP contribution in [0, 0.1) is 0 Å². The van der Waals surface area contributed by atoms with Crippen LogP contribution in [-0.4, -0.2) is 33.0 Å². The number of halogens is 1. The lowest BCUT2D eigenvalue weighted by Gasteiger charge is -2.05. The molecule has 0 bridgehead atoms. The zero-order valence-electron chi connectivity index (χ0n) is 9.95. The van der Waals surface area contributed by atoms with E-state index in [1.807, 2.05) is 24.3 Å². The van der Waals surface area contributed by atoms with Crippen LogP contribution in [0.3, 0.4) is 0 Å². The number of hydrogen-bond acceptors (Lipinski definition) is 3. The topological polar surface area (TPSA) is 46.2 Å². The lowest BCUT2D eigenvalue weighted by Crippen LogP contribution is -2.25. The summed E-state index contributed by atoms with van der Waals surface area (Å²) in [6.07, 6.45) is 0.878. The third-order valence-electron chi connectivity index (χ3n) is 2.53. The minimum Gasteiger partial charge on any atom is -0.315 e. The van der Waals surface area contributed by atoms with Crippen LogP contribution in [0.5, 0.6) is 0 Å². The monoisotopic (exact) mass is 275 g/mol. The third-order valence-corrected chi connectivity index (χ3v) is 4.49. The second kappa shape index (κ2) is 6.99. The molecule has 0 radical (unpaired) electrons. The number of benzene rings is 1. The summed E-state index contributed by atoms with van der Waals surface area (Å²) in [5.41, 5.74) is 1.19. The summed E-state index contributed by atoms with van der Waals surface area (Å²) in [6, 6.07) is 7.68. The quantitative estimate of drug-likeness (QED) is 0.773. The van der Waals surface area contributed by atoms with Crippen LogP contribution in [0.1, 0.15) is 12.5 Å². The summed E-state index contributed by atoms with van der Waals surface area (Å²) in [7, 11) is -2.85. The molecule has 0 aliphatic rings. The predicted molar refractivity (Wildman–Crippen MR) is 72.4 cm³/mol. The molecular weight excluding hydrogens is 258 g/mol. The fraction of sp³-hybridized carbons (Fsp3) is 0.500. The summed E-state index contributed by atoms with van der Waals surface area (Å²) >= 11 is 5.78. The highest BCUT2D eigenvalue weighted by atomic mass is 35.5. The molecule has 0 saturated heterocycles. The SMILES string of the molecule is CCS(=O)(=O)CCNCCc1ccc(Cl)cc1. The van der Waals surface area contributed by atoms with E-state index in [4.69, 9.17) is 11.6 Å². The smallest absolute Gasteiger partial charge is 0.151 e. The molecule has 1 aromatic rings. The van der Waals surface area contributed by atoms with E-state index < -0.39 is 9.84 Å². The molecule has 5 heteroatoms. The first kappa shape index (κ1) is 14.5. The highest BCUT2D eigenvalue weighted by Crippen LogP contribution is 2.09. The molecule has 96 valence electrons. The molecule has 0 atom stereocenters. The first-order valence-corrected chi connectivity index (χ1v) is 7.89. The molecule has 1 aromatic carbocycles. The summed E-state index contributed by atoms with van der Waals surface area (Å²) < 4.78 is 22.4. The Bertz CT molecular complexity index is 428. The summed E-state index contributed by atoms with van der Waals surface area (Å²) in [4.78, 5) is 0. The molecule has 0 spiro atoms. The van der Waals surface area contributed by atoms with Crippen molar-refractivity contribution in [3.05, 3.63) is 34.9 Å². The van der Waals surface area contributed by atoms with Gasteiger partial charge in [-0.05, 0) is 30.7 Å². The Morgan fingerprint density at radius 2 is 1.82 bits per heavy atom. The largest absolute Gasteiger partial charge is 0.315 e. The highest BCUT2D eigenvalue weighted by molar-refractivity contribution is 7.91. The van der Waals surface area contributed by atoms with Crippen LogP contribution in [0.15, 0.2) is 24.3 Å². The van der Waals surface area contributed by atoms with E-state index in [9.17, 15) is 8.42 Å². The van der Waals surface area contributed by atoms with Crippen molar-refractivity contribution in [3.63, 3.8) is 0 Å². The van der Waals surface area contributed by atoms with Gasteiger partial charge in [-0.2, -0.15) is 0 Å². The van der Waals surface area contributed by atoms with Gasteiger partial charge in [0.1, 0.15) is 0 Å². The Balaban J connectivity index is 2.19. The van der Waals surface area contributed by atoms with Crippen LogP contribution in [-0.2, 0) is 16.3 Å². The Morgan fingerprint density at radius 3 is 2.41 bits per heavy atom. The van der Waals surface area contributed by atoms with Gasteiger partial charge in [0.25, 0.3) is 0 Å². The zero-order chi connectivity index (χ0) is 12.7. The Labute approximate surface area is 108 Å². The molecule has 0 aliphatic carbocycles. The van der Waals surface area contributed by atoms with Crippen LogP contribution in [0.25, 0.3) is 0 Å². The number of sulfone groups is 1. The van der Waals surface area contributed by atoms with E-state index in [2.05, 4.69) is 5.32 Å². The van der Waals surface area contributed by atoms with Crippen molar-refractivity contribution in [2.24, 2.45) is 0 Å². The molecule has 0 heterocycles. The fourth-order valence-electron chi connectivity index (χ4n) is 1.38. The Kier molecular flexibility index (Phi) is 5.95. The van der Waals surface area contributed by atoms with Crippen molar-refractivity contribution in [1.29, 1.82) is 0 Å². The van der Waals surface area contributed by atoms with Crippen molar-refractivity contribution in [2.45, 2.75) is 13.3 Å². The van der Waals surface area contributed by atoms with Crippen LogP contribution in [0.2, 0.25) is 5.02 Å². The van der Waals surface area contributed by atoms with Gasteiger partial charge in [0.2, 0.25) is 0 Å². The van der Waals surface area contributed by atoms with Gasteiger partial charge < -0.3 is 5.32 Å². The van der Waals surface area contributed by atoms with Crippen molar-refractivity contribution < 1.29 is 8.42 Å². The van der Waals surface area contributed by atoms with Crippen molar-refractivity contribution in [2.75, 3.05) is 24.6 Å². The third kappa shape index (κ3) is 6.05. The standard InChI is InChI=1S/C12H18ClNO2S/c1-2-17(15,16)10-9-14-8-7-11-3-5-12(13)6-4-11/h3-6,14H,2,7-10H2,1H3. The second-order valence-corrected chi connectivity index (χ2v) is 6.77. The van der Waals surface area contributed by atoms with Crippen LogP contribution < -0.4 is 5.32 Å². The van der Waals surface area contributed by atoms with Crippen molar-refractivity contribution >= 4 is 21.4 Å². The molecule has 17 heavy (non-hydrogen) atoms. The molecule has 0 fully saturated rings. The second-order valence-electron chi connectivity index (χ2n) is 3.86. The molecule has 0 saturated carbocycles. The lowest BCUT2D eigenvalue weighted by atomic mass is 10.1. The Hall–Kier alpha value is -0.580. The zero-order valence-corrected chi connectivity index (χ0v) is 11.5. The maximum atomic E-state index is 11.2. The highest BCUT2D eigenvalue weighted by Gasteiger charge is 2.05. The number of nitrogens with one attached hydrogen (secondary N) is 1. The van der Waals surface area contributed by atoms with E-state index in [0.717, 1.165) is 18.0 Å². The van der Waals surface area contributed by atoms with Crippen molar-refractivity contribution in [3.8, 4) is 0 Å². The molecule has 3 nitrogen and oxygen atoms in total. The average molecular weight is 276 g/mol. The van der Waals surface area contributed by atoms with Gasteiger partial charge in [-0.3, -0.25) is 0 Å². The van der Waals surface area contributed by atoms with E-state index >= 15 is 0 Å². The van der Waals surface area contributed by atoms with E-state index in [0.29, 0.717) is 6.54 Å². The maximum Gasteiger partial charge on any atom is 0.151 e. The minimum absolute atomic E-state index is 0.212. The van der Waals surface area contributed by atoms with Gasteiger partial charge >= 0.3 is 0 Å². The molecule has 0 aliphatic heterocycles. The first-order chi connectivity index (χ1) is 8.03.